The smallest absolute Gasteiger partial charge is 0.0710 e. The first-order valence-corrected chi connectivity index (χ1v) is 8.94. The minimum Gasteiger partial charge on any atom is -0.370 e. The molecule has 1 aliphatic carbocycles. The molecule has 0 aromatic heterocycles. The van der Waals surface area contributed by atoms with E-state index in [4.69, 9.17) is 4.74 Å². The Hall–Kier alpha value is -0.120. The van der Waals surface area contributed by atoms with Crippen LogP contribution in [0.3, 0.4) is 0 Å². The predicted octanol–water partition coefficient (Wildman–Crippen LogP) is 2.41. The molecular weight excluding hydrogens is 248 g/mol. The van der Waals surface area contributed by atoms with Gasteiger partial charge in [0, 0.05) is 6.54 Å². The van der Waals surface area contributed by atoms with Gasteiger partial charge in [-0.2, -0.15) is 0 Å². The van der Waals surface area contributed by atoms with E-state index in [2.05, 4.69) is 10.2 Å². The molecule has 114 valence electrons. The maximum absolute atomic E-state index is 6.49. The molecule has 1 unspecified atom stereocenters. The second-order valence-corrected chi connectivity index (χ2v) is 7.73. The molecule has 0 aromatic rings. The molecule has 3 heterocycles. The van der Waals surface area contributed by atoms with E-state index in [1.165, 1.54) is 84.1 Å². The van der Waals surface area contributed by atoms with E-state index in [1.807, 2.05) is 0 Å². The van der Waals surface area contributed by atoms with Crippen molar-refractivity contribution in [2.24, 2.45) is 11.8 Å². The van der Waals surface area contributed by atoms with Crippen molar-refractivity contribution >= 4 is 0 Å². The van der Waals surface area contributed by atoms with Gasteiger partial charge in [0.05, 0.1) is 11.7 Å². The molecule has 1 saturated carbocycles. The zero-order chi connectivity index (χ0) is 13.4. The molecule has 3 nitrogen and oxygen atoms in total. The van der Waals surface area contributed by atoms with Crippen molar-refractivity contribution in [1.82, 2.24) is 10.2 Å². The highest BCUT2D eigenvalue weighted by atomic mass is 16.5. The fourth-order valence-corrected chi connectivity index (χ4v) is 5.15. The molecule has 1 spiro atoms. The van der Waals surface area contributed by atoms with Crippen molar-refractivity contribution in [2.45, 2.75) is 63.1 Å². The van der Waals surface area contributed by atoms with Crippen LogP contribution in [0.4, 0.5) is 0 Å². The number of fused-ring (bicyclic) bond motifs is 1. The van der Waals surface area contributed by atoms with Gasteiger partial charge in [0.25, 0.3) is 0 Å². The van der Waals surface area contributed by atoms with Crippen LogP contribution in [0.1, 0.15) is 51.4 Å². The van der Waals surface area contributed by atoms with Gasteiger partial charge in [-0.05, 0) is 76.5 Å². The lowest BCUT2D eigenvalue weighted by Crippen LogP contribution is -2.35. The van der Waals surface area contributed by atoms with Crippen LogP contribution >= 0.6 is 0 Å². The number of hydrogen-bond donors (Lipinski definition) is 1. The van der Waals surface area contributed by atoms with Crippen LogP contribution in [-0.4, -0.2) is 49.3 Å². The molecule has 3 atom stereocenters. The fourth-order valence-electron chi connectivity index (χ4n) is 5.15. The van der Waals surface area contributed by atoms with Crippen molar-refractivity contribution in [3.63, 3.8) is 0 Å². The van der Waals surface area contributed by atoms with Gasteiger partial charge < -0.3 is 15.0 Å². The Kier molecular flexibility index (Phi) is 3.78. The molecule has 0 amide bonds. The average Bonchev–Trinajstić information content (AvgIpc) is 3.15. The van der Waals surface area contributed by atoms with Crippen LogP contribution in [0.25, 0.3) is 0 Å². The van der Waals surface area contributed by atoms with E-state index in [0.29, 0.717) is 11.7 Å². The van der Waals surface area contributed by atoms with Crippen molar-refractivity contribution in [3.05, 3.63) is 0 Å². The van der Waals surface area contributed by atoms with Gasteiger partial charge in [0.2, 0.25) is 0 Å². The summed E-state index contributed by atoms with van der Waals surface area (Å²) in [6.45, 7) is 6.34. The second kappa shape index (κ2) is 5.58. The summed E-state index contributed by atoms with van der Waals surface area (Å²) in [6.07, 6.45) is 11.4. The number of hydrogen-bond acceptors (Lipinski definition) is 3. The Morgan fingerprint density at radius 2 is 1.65 bits per heavy atom. The Balaban J connectivity index is 1.29. The topological polar surface area (TPSA) is 24.5 Å². The molecule has 3 heteroatoms. The summed E-state index contributed by atoms with van der Waals surface area (Å²) in [6, 6.07) is 0. The number of likely N-dealkylation sites (tertiary alicyclic amines) is 1. The SMILES string of the molecule is C1CCC2(C1)CCC(CN1CC[C@@H]3CNC[C@@H]3CC1)O2. The third kappa shape index (κ3) is 2.65. The fraction of sp³-hybridized carbons (Fsp3) is 1.00. The predicted molar refractivity (Wildman–Crippen MR) is 80.8 cm³/mol. The Labute approximate surface area is 123 Å². The van der Waals surface area contributed by atoms with Crippen molar-refractivity contribution < 1.29 is 4.74 Å². The van der Waals surface area contributed by atoms with Crippen molar-refractivity contribution in [2.75, 3.05) is 32.7 Å². The largest absolute Gasteiger partial charge is 0.370 e. The molecule has 0 bridgehead atoms. The molecule has 20 heavy (non-hydrogen) atoms. The summed E-state index contributed by atoms with van der Waals surface area (Å²) >= 11 is 0. The summed E-state index contributed by atoms with van der Waals surface area (Å²) in [5, 5.41) is 3.57. The second-order valence-electron chi connectivity index (χ2n) is 7.73. The van der Waals surface area contributed by atoms with E-state index in [0.717, 1.165) is 11.8 Å². The lowest BCUT2D eigenvalue weighted by molar-refractivity contribution is -0.0471. The van der Waals surface area contributed by atoms with E-state index in [-0.39, 0.29) is 0 Å². The monoisotopic (exact) mass is 278 g/mol. The standard InChI is InChI=1S/C17H30N2O/c1-2-7-17(6-1)8-3-16(20-17)13-19-9-4-14-11-18-12-15(14)5-10-19/h14-16,18H,1-13H2/t14-,15+,16?. The van der Waals surface area contributed by atoms with Crippen LogP contribution in [0.2, 0.25) is 0 Å². The maximum atomic E-state index is 6.49. The summed E-state index contributed by atoms with van der Waals surface area (Å²) in [5.74, 6) is 1.90. The van der Waals surface area contributed by atoms with Crippen LogP contribution in [0.5, 0.6) is 0 Å². The van der Waals surface area contributed by atoms with Gasteiger partial charge in [-0.25, -0.2) is 0 Å². The molecule has 4 aliphatic rings. The molecule has 4 rings (SSSR count). The highest BCUT2D eigenvalue weighted by molar-refractivity contribution is 4.94. The summed E-state index contributed by atoms with van der Waals surface area (Å²) in [5.41, 5.74) is 0.316. The van der Waals surface area contributed by atoms with Gasteiger partial charge in [0.1, 0.15) is 0 Å². The molecule has 1 N–H and O–H groups in total. The number of nitrogens with one attached hydrogen (secondary N) is 1. The molecule has 3 aliphatic heterocycles. The summed E-state index contributed by atoms with van der Waals surface area (Å²) in [7, 11) is 0. The lowest BCUT2D eigenvalue weighted by Gasteiger charge is -2.27. The molecule has 0 aromatic carbocycles. The van der Waals surface area contributed by atoms with Gasteiger partial charge in [-0.3, -0.25) is 0 Å². The molecule has 0 radical (unpaired) electrons. The zero-order valence-corrected chi connectivity index (χ0v) is 12.8. The normalized spacial score (nSPS) is 41.1. The first-order chi connectivity index (χ1) is 9.83. The minimum absolute atomic E-state index is 0.316. The van der Waals surface area contributed by atoms with E-state index >= 15 is 0 Å². The van der Waals surface area contributed by atoms with Crippen LogP contribution in [0, 0.1) is 11.8 Å². The third-order valence-corrected chi connectivity index (χ3v) is 6.43. The molecule has 3 saturated heterocycles. The van der Waals surface area contributed by atoms with Crippen molar-refractivity contribution in [1.29, 1.82) is 0 Å². The van der Waals surface area contributed by atoms with Gasteiger partial charge in [0.15, 0.2) is 0 Å². The Morgan fingerprint density at radius 1 is 0.950 bits per heavy atom. The maximum Gasteiger partial charge on any atom is 0.0710 e. The quantitative estimate of drug-likeness (QED) is 0.839. The van der Waals surface area contributed by atoms with Crippen LogP contribution in [0.15, 0.2) is 0 Å². The number of nitrogens with zero attached hydrogens (tertiary/aromatic N) is 1. The lowest BCUT2D eigenvalue weighted by atomic mass is 9.92. The molecular formula is C17H30N2O. The minimum atomic E-state index is 0.316. The van der Waals surface area contributed by atoms with Gasteiger partial charge in [-0.1, -0.05) is 12.8 Å². The summed E-state index contributed by atoms with van der Waals surface area (Å²) < 4.78 is 6.49. The van der Waals surface area contributed by atoms with Crippen LogP contribution in [-0.2, 0) is 4.74 Å². The van der Waals surface area contributed by atoms with Gasteiger partial charge in [-0.15, -0.1) is 0 Å². The van der Waals surface area contributed by atoms with E-state index < -0.39 is 0 Å². The first-order valence-electron chi connectivity index (χ1n) is 8.94. The number of ether oxygens (including phenoxy) is 1. The molecule has 4 fully saturated rings. The Bertz CT molecular complexity index is 326. The van der Waals surface area contributed by atoms with E-state index in [9.17, 15) is 0 Å². The zero-order valence-electron chi connectivity index (χ0n) is 12.8. The van der Waals surface area contributed by atoms with Crippen molar-refractivity contribution in [3.8, 4) is 0 Å². The summed E-state index contributed by atoms with van der Waals surface area (Å²) in [4.78, 5) is 2.71. The van der Waals surface area contributed by atoms with E-state index in [1.54, 1.807) is 0 Å². The number of rotatable bonds is 2. The highest BCUT2D eigenvalue weighted by Gasteiger charge is 2.42. The van der Waals surface area contributed by atoms with Crippen LogP contribution < -0.4 is 5.32 Å². The first kappa shape index (κ1) is 13.5. The Morgan fingerprint density at radius 3 is 2.35 bits per heavy atom. The average molecular weight is 278 g/mol. The van der Waals surface area contributed by atoms with Gasteiger partial charge >= 0.3 is 0 Å². The highest BCUT2D eigenvalue weighted by Crippen LogP contribution is 2.43. The third-order valence-electron chi connectivity index (χ3n) is 6.43.